The van der Waals surface area contributed by atoms with Gasteiger partial charge in [0.2, 0.25) is 5.76 Å². The third kappa shape index (κ3) is 4.78. The molecule has 9 heteroatoms. The summed E-state index contributed by atoms with van der Waals surface area (Å²) >= 11 is 5.93. The second kappa shape index (κ2) is 8.83. The first-order chi connectivity index (χ1) is 13.9. The monoisotopic (exact) mass is 418 g/mol. The van der Waals surface area contributed by atoms with Crippen LogP contribution in [0.3, 0.4) is 0 Å². The number of esters is 2. The number of furan rings is 1. The van der Waals surface area contributed by atoms with Crippen LogP contribution in [0.4, 0.5) is 4.79 Å². The molecule has 1 aliphatic heterocycles. The van der Waals surface area contributed by atoms with Gasteiger partial charge in [-0.15, -0.1) is 0 Å². The van der Waals surface area contributed by atoms with Crippen molar-refractivity contribution in [3.05, 3.63) is 69.8 Å². The molecule has 2 aromatic rings. The van der Waals surface area contributed by atoms with E-state index in [9.17, 15) is 14.4 Å². The molecular weight excluding hydrogens is 400 g/mol. The van der Waals surface area contributed by atoms with E-state index in [0.717, 1.165) is 0 Å². The number of nitrogens with one attached hydrogen (secondary N) is 2. The van der Waals surface area contributed by atoms with Crippen molar-refractivity contribution in [3.8, 4) is 0 Å². The number of carbonyl (C=O) groups excluding carboxylic acids is 3. The number of benzene rings is 1. The van der Waals surface area contributed by atoms with Crippen molar-refractivity contribution >= 4 is 29.6 Å². The van der Waals surface area contributed by atoms with E-state index in [4.69, 9.17) is 25.5 Å². The maximum Gasteiger partial charge on any atom is 0.374 e. The van der Waals surface area contributed by atoms with Crippen LogP contribution in [0.25, 0.3) is 0 Å². The van der Waals surface area contributed by atoms with Crippen LogP contribution >= 0.6 is 11.6 Å². The van der Waals surface area contributed by atoms with Gasteiger partial charge in [-0.1, -0.05) is 23.7 Å². The zero-order valence-corrected chi connectivity index (χ0v) is 16.5. The number of aryl methyl sites for hydroxylation is 1. The molecule has 1 aromatic carbocycles. The first-order valence-electron chi connectivity index (χ1n) is 8.85. The molecule has 152 valence electrons. The van der Waals surface area contributed by atoms with Crippen molar-refractivity contribution in [2.24, 2.45) is 0 Å². The van der Waals surface area contributed by atoms with Crippen molar-refractivity contribution < 1.29 is 28.3 Å². The molecule has 0 saturated carbocycles. The Balaban J connectivity index is 1.92. The molecule has 1 atom stereocenters. The average Bonchev–Trinajstić information content (AvgIpc) is 3.12. The maximum absolute atomic E-state index is 12.6. The summed E-state index contributed by atoms with van der Waals surface area (Å²) in [5.74, 6) is -0.777. The highest BCUT2D eigenvalue weighted by molar-refractivity contribution is 6.30. The second-order valence-electron chi connectivity index (χ2n) is 6.18. The fourth-order valence-electron chi connectivity index (χ4n) is 2.84. The number of halogens is 1. The van der Waals surface area contributed by atoms with Gasteiger partial charge in [-0.25, -0.2) is 14.4 Å². The van der Waals surface area contributed by atoms with E-state index in [1.807, 2.05) is 0 Å². The van der Waals surface area contributed by atoms with Gasteiger partial charge in [0.05, 0.1) is 23.9 Å². The van der Waals surface area contributed by atoms with Crippen molar-refractivity contribution in [1.82, 2.24) is 10.6 Å². The summed E-state index contributed by atoms with van der Waals surface area (Å²) < 4.78 is 15.6. The smallest absolute Gasteiger partial charge is 0.374 e. The van der Waals surface area contributed by atoms with Gasteiger partial charge in [0.1, 0.15) is 12.4 Å². The number of carbonyl (C=O) groups is 3. The lowest BCUT2D eigenvalue weighted by atomic mass is 9.95. The molecular formula is C20H19ClN2O6. The Labute approximate surface area is 171 Å². The molecule has 0 radical (unpaired) electrons. The quantitative estimate of drug-likeness (QED) is 0.697. The largest absolute Gasteiger partial charge is 0.463 e. The Morgan fingerprint density at radius 2 is 1.83 bits per heavy atom. The van der Waals surface area contributed by atoms with Gasteiger partial charge in [-0.3, -0.25) is 0 Å². The summed E-state index contributed by atoms with van der Waals surface area (Å²) in [4.78, 5) is 37.0. The van der Waals surface area contributed by atoms with Crippen LogP contribution < -0.4 is 10.6 Å². The number of amides is 2. The predicted octanol–water partition coefficient (Wildman–Crippen LogP) is 3.27. The van der Waals surface area contributed by atoms with Gasteiger partial charge in [0.25, 0.3) is 0 Å². The van der Waals surface area contributed by atoms with Crippen LogP contribution in [0.2, 0.25) is 5.02 Å². The highest BCUT2D eigenvalue weighted by Crippen LogP contribution is 2.29. The predicted molar refractivity (Wildman–Crippen MR) is 103 cm³/mol. The molecule has 2 N–H and O–H groups in total. The number of rotatable bonds is 6. The molecule has 1 aromatic heterocycles. The molecule has 0 aliphatic carbocycles. The van der Waals surface area contributed by atoms with Gasteiger partial charge in [0.15, 0.2) is 0 Å². The van der Waals surface area contributed by atoms with Gasteiger partial charge in [-0.05, 0) is 43.7 Å². The van der Waals surface area contributed by atoms with Crippen LogP contribution in [0, 0.1) is 6.92 Å². The molecule has 29 heavy (non-hydrogen) atoms. The minimum absolute atomic E-state index is 0.0234. The Hall–Kier alpha value is -3.26. The highest BCUT2D eigenvalue weighted by Gasteiger charge is 2.34. The van der Waals surface area contributed by atoms with Gasteiger partial charge < -0.3 is 24.5 Å². The van der Waals surface area contributed by atoms with Crippen molar-refractivity contribution in [2.45, 2.75) is 19.9 Å². The highest BCUT2D eigenvalue weighted by atomic mass is 35.5. The van der Waals surface area contributed by atoms with Gasteiger partial charge >= 0.3 is 18.0 Å². The normalized spacial score (nSPS) is 16.1. The first kappa shape index (κ1) is 20.5. The van der Waals surface area contributed by atoms with E-state index < -0.39 is 24.0 Å². The third-order valence-electron chi connectivity index (χ3n) is 4.14. The summed E-state index contributed by atoms with van der Waals surface area (Å²) in [6.07, 6.45) is 0. The molecule has 0 fully saturated rings. The maximum atomic E-state index is 12.6. The molecule has 0 spiro atoms. The summed E-state index contributed by atoms with van der Waals surface area (Å²) in [5, 5.41) is 5.72. The average molecular weight is 419 g/mol. The number of hydrogen-bond acceptors (Lipinski definition) is 6. The minimum Gasteiger partial charge on any atom is -0.463 e. The van der Waals surface area contributed by atoms with Gasteiger partial charge in [-0.2, -0.15) is 0 Å². The summed E-state index contributed by atoms with van der Waals surface area (Å²) in [6.45, 7) is 3.16. The zero-order chi connectivity index (χ0) is 21.0. The Kier molecular flexibility index (Phi) is 6.23. The lowest BCUT2D eigenvalue weighted by Crippen LogP contribution is -2.47. The van der Waals surface area contributed by atoms with Crippen LogP contribution in [-0.2, 0) is 14.3 Å². The summed E-state index contributed by atoms with van der Waals surface area (Å²) in [5.41, 5.74) is 0.888. The Morgan fingerprint density at radius 1 is 1.10 bits per heavy atom. The van der Waals surface area contributed by atoms with Crippen molar-refractivity contribution in [1.29, 1.82) is 0 Å². The standard InChI is InChI=1S/C20H19ClN2O6/c1-3-27-19(25)16-14(10-28-18(24)15-9-4-11(2)29-15)22-20(26)23-17(16)12-5-7-13(21)8-6-12/h4-9,17H,3,10H2,1-2H3,(H2,22,23,26). The van der Waals surface area contributed by atoms with E-state index in [0.29, 0.717) is 16.3 Å². The van der Waals surface area contributed by atoms with E-state index in [-0.39, 0.29) is 30.2 Å². The minimum atomic E-state index is -0.792. The first-order valence-corrected chi connectivity index (χ1v) is 9.23. The van der Waals surface area contributed by atoms with Crippen LogP contribution in [0.15, 0.2) is 52.1 Å². The molecule has 2 heterocycles. The lowest BCUT2D eigenvalue weighted by Gasteiger charge is -2.29. The fourth-order valence-corrected chi connectivity index (χ4v) is 2.97. The van der Waals surface area contributed by atoms with E-state index >= 15 is 0 Å². The fraction of sp³-hybridized carbons (Fsp3) is 0.250. The SMILES string of the molecule is CCOC(=O)C1=C(COC(=O)c2ccc(C)o2)NC(=O)NC1c1ccc(Cl)cc1. The molecule has 1 aliphatic rings. The van der Waals surface area contributed by atoms with Crippen LogP contribution in [-0.4, -0.2) is 31.2 Å². The zero-order valence-electron chi connectivity index (χ0n) is 15.8. The number of urea groups is 1. The molecule has 3 rings (SSSR count). The van der Waals surface area contributed by atoms with Crippen LogP contribution in [0.5, 0.6) is 0 Å². The second-order valence-corrected chi connectivity index (χ2v) is 6.62. The topological polar surface area (TPSA) is 107 Å². The van der Waals surface area contributed by atoms with Crippen LogP contribution in [0.1, 0.15) is 34.8 Å². The Morgan fingerprint density at radius 3 is 2.45 bits per heavy atom. The molecule has 1 unspecified atom stereocenters. The van der Waals surface area contributed by atoms with E-state index in [1.54, 1.807) is 44.2 Å². The lowest BCUT2D eigenvalue weighted by molar-refractivity contribution is -0.139. The molecule has 8 nitrogen and oxygen atoms in total. The summed E-state index contributed by atoms with van der Waals surface area (Å²) in [7, 11) is 0. The van der Waals surface area contributed by atoms with E-state index in [2.05, 4.69) is 10.6 Å². The Bertz CT molecular complexity index is 964. The van der Waals surface area contributed by atoms with Crippen molar-refractivity contribution in [2.75, 3.05) is 13.2 Å². The number of hydrogen-bond donors (Lipinski definition) is 2. The molecule has 2 amide bonds. The van der Waals surface area contributed by atoms with Crippen molar-refractivity contribution in [3.63, 3.8) is 0 Å². The van der Waals surface area contributed by atoms with E-state index in [1.165, 1.54) is 6.07 Å². The number of ether oxygens (including phenoxy) is 2. The summed E-state index contributed by atoms with van der Waals surface area (Å²) in [6, 6.07) is 8.44. The third-order valence-corrected chi connectivity index (χ3v) is 4.39. The molecule has 0 bridgehead atoms. The molecule has 0 saturated heterocycles. The van der Waals surface area contributed by atoms with Gasteiger partial charge in [0, 0.05) is 5.02 Å².